The smallest absolute Gasteiger partial charge is 0.295 e. The standard InChI is InChI=1S/C33H42N2O7/c1-21(2)10-15-41-27-9-6-23(20-28(27)39-4)30-29(31(36)24-7-8-26-25(19-24)18-22(3)42-26)32(37)33(38)35(30)12-5-11-34-13-16-40-17-14-34/h6-9,19-22,30,36H,5,10-18H2,1-4H3/p+1/t22-,30-/m0/s1. The molecule has 3 aliphatic rings. The lowest BCUT2D eigenvalue weighted by Crippen LogP contribution is -3.14. The fourth-order valence-electron chi connectivity index (χ4n) is 5.97. The zero-order valence-corrected chi connectivity index (χ0v) is 25.1. The lowest BCUT2D eigenvalue weighted by molar-refractivity contribution is -0.908. The van der Waals surface area contributed by atoms with Crippen molar-refractivity contribution in [3.05, 3.63) is 58.7 Å². The molecule has 9 heteroatoms. The molecule has 3 aliphatic heterocycles. The molecule has 2 aromatic rings. The minimum Gasteiger partial charge on any atom is -0.507 e. The first-order chi connectivity index (χ1) is 20.3. The van der Waals surface area contributed by atoms with E-state index in [1.54, 1.807) is 18.1 Å². The van der Waals surface area contributed by atoms with Crippen LogP contribution in [0.25, 0.3) is 5.76 Å². The van der Waals surface area contributed by atoms with E-state index in [-0.39, 0.29) is 17.4 Å². The van der Waals surface area contributed by atoms with E-state index in [9.17, 15) is 14.7 Å². The van der Waals surface area contributed by atoms with Crippen molar-refractivity contribution in [1.29, 1.82) is 0 Å². The van der Waals surface area contributed by atoms with Gasteiger partial charge >= 0.3 is 0 Å². The molecule has 2 N–H and O–H groups in total. The minimum atomic E-state index is -0.758. The summed E-state index contributed by atoms with van der Waals surface area (Å²) >= 11 is 0. The maximum absolute atomic E-state index is 13.6. The lowest BCUT2D eigenvalue weighted by Gasteiger charge is -2.28. The average Bonchev–Trinajstić information content (AvgIpc) is 3.48. The number of rotatable bonds is 11. The number of aliphatic hydroxyl groups is 1. The second kappa shape index (κ2) is 13.2. The first-order valence-corrected chi connectivity index (χ1v) is 15.1. The third kappa shape index (κ3) is 6.42. The Morgan fingerprint density at radius 3 is 2.64 bits per heavy atom. The van der Waals surface area contributed by atoms with E-state index in [0.717, 1.165) is 57.0 Å². The molecule has 226 valence electrons. The van der Waals surface area contributed by atoms with E-state index < -0.39 is 17.7 Å². The van der Waals surface area contributed by atoms with Crippen LogP contribution in [-0.2, 0) is 20.7 Å². The summed E-state index contributed by atoms with van der Waals surface area (Å²) in [7, 11) is 1.57. The molecule has 0 radical (unpaired) electrons. The van der Waals surface area contributed by atoms with Crippen LogP contribution in [0.5, 0.6) is 17.2 Å². The molecule has 5 rings (SSSR count). The molecule has 2 fully saturated rings. The van der Waals surface area contributed by atoms with Crippen molar-refractivity contribution in [2.45, 2.75) is 52.2 Å². The van der Waals surface area contributed by atoms with Gasteiger partial charge in [-0.1, -0.05) is 19.9 Å². The number of aliphatic hydroxyl groups excluding tert-OH is 1. The molecule has 2 atom stereocenters. The number of methoxy groups -OCH3 is 1. The van der Waals surface area contributed by atoms with E-state index in [1.807, 2.05) is 37.3 Å². The van der Waals surface area contributed by atoms with Gasteiger partial charge in [0.25, 0.3) is 11.7 Å². The van der Waals surface area contributed by atoms with Crippen molar-refractivity contribution in [2.24, 2.45) is 5.92 Å². The Morgan fingerprint density at radius 2 is 1.90 bits per heavy atom. The summed E-state index contributed by atoms with van der Waals surface area (Å²) in [4.78, 5) is 30.1. The minimum absolute atomic E-state index is 0.0466. The zero-order chi connectivity index (χ0) is 29.8. The molecular formula is C33H43N2O7+. The summed E-state index contributed by atoms with van der Waals surface area (Å²) in [6, 6.07) is 10.1. The van der Waals surface area contributed by atoms with Crippen LogP contribution in [0.3, 0.4) is 0 Å². The van der Waals surface area contributed by atoms with Gasteiger partial charge in [-0.25, -0.2) is 0 Å². The Morgan fingerprint density at radius 1 is 1.12 bits per heavy atom. The molecule has 0 unspecified atom stereocenters. The van der Waals surface area contributed by atoms with Gasteiger partial charge in [0, 0.05) is 24.9 Å². The number of fused-ring (bicyclic) bond motifs is 1. The van der Waals surface area contributed by atoms with Crippen LogP contribution >= 0.6 is 0 Å². The summed E-state index contributed by atoms with van der Waals surface area (Å²) in [5, 5.41) is 11.6. The van der Waals surface area contributed by atoms with Gasteiger partial charge in [0.05, 0.1) is 45.1 Å². The highest BCUT2D eigenvalue weighted by atomic mass is 16.5. The average molecular weight is 580 g/mol. The molecule has 0 aliphatic carbocycles. The fourth-order valence-corrected chi connectivity index (χ4v) is 5.97. The maximum atomic E-state index is 13.6. The van der Waals surface area contributed by atoms with Crippen molar-refractivity contribution in [2.75, 3.05) is 53.1 Å². The first kappa shape index (κ1) is 29.9. The topological polar surface area (TPSA) is 99.0 Å². The Kier molecular flexibility index (Phi) is 9.38. The number of amides is 1. The Hall–Kier alpha value is -3.56. The number of carbonyl (C=O) groups excluding carboxylic acids is 2. The second-order valence-corrected chi connectivity index (χ2v) is 11.9. The van der Waals surface area contributed by atoms with Gasteiger partial charge in [0.1, 0.15) is 30.7 Å². The van der Waals surface area contributed by atoms with E-state index >= 15 is 0 Å². The number of morpholine rings is 1. The number of nitrogens with zero attached hydrogens (tertiary/aromatic N) is 1. The summed E-state index contributed by atoms with van der Waals surface area (Å²) < 4.78 is 23.0. The summed E-state index contributed by atoms with van der Waals surface area (Å²) in [5.41, 5.74) is 2.23. The number of ketones is 1. The highest BCUT2D eigenvalue weighted by molar-refractivity contribution is 6.46. The first-order valence-electron chi connectivity index (χ1n) is 15.1. The summed E-state index contributed by atoms with van der Waals surface area (Å²) in [6.45, 7) is 11.4. The number of likely N-dealkylation sites (tertiary alicyclic amines) is 1. The second-order valence-electron chi connectivity index (χ2n) is 11.9. The van der Waals surface area contributed by atoms with Crippen LogP contribution < -0.4 is 19.1 Å². The predicted molar refractivity (Wildman–Crippen MR) is 158 cm³/mol. The number of nitrogens with one attached hydrogen (secondary N) is 1. The van der Waals surface area contributed by atoms with E-state index in [4.69, 9.17) is 18.9 Å². The number of benzene rings is 2. The summed E-state index contributed by atoms with van der Waals surface area (Å²) in [5.74, 6) is 0.928. The SMILES string of the molecule is COc1cc([C@H]2C(=C(O)c3ccc4c(c3)C[C@H](C)O4)C(=O)C(=O)N2CCC[NH+]2CCOCC2)ccc1OCCC(C)C. The Labute approximate surface area is 248 Å². The molecule has 0 aromatic heterocycles. The highest BCUT2D eigenvalue weighted by Gasteiger charge is 2.46. The Bertz CT molecular complexity index is 1330. The van der Waals surface area contributed by atoms with Crippen LogP contribution in [0.2, 0.25) is 0 Å². The van der Waals surface area contributed by atoms with Crippen molar-refractivity contribution in [3.63, 3.8) is 0 Å². The molecule has 0 spiro atoms. The van der Waals surface area contributed by atoms with Gasteiger partial charge in [-0.3, -0.25) is 9.59 Å². The van der Waals surface area contributed by atoms with Crippen LogP contribution in [0.1, 0.15) is 56.3 Å². The number of Topliss-reactive ketones (excluding diaryl/α,β-unsaturated/α-hetero) is 1. The van der Waals surface area contributed by atoms with Gasteiger partial charge in [0.2, 0.25) is 0 Å². The molecule has 0 bridgehead atoms. The molecule has 1 amide bonds. The molecule has 9 nitrogen and oxygen atoms in total. The number of hydrogen-bond donors (Lipinski definition) is 2. The normalized spacial score (nSPS) is 22.0. The maximum Gasteiger partial charge on any atom is 0.295 e. The lowest BCUT2D eigenvalue weighted by atomic mass is 9.94. The van der Waals surface area contributed by atoms with Crippen LogP contribution in [-0.4, -0.2) is 80.9 Å². The zero-order valence-electron chi connectivity index (χ0n) is 25.1. The van der Waals surface area contributed by atoms with Crippen molar-refractivity contribution in [3.8, 4) is 17.2 Å². The quantitative estimate of drug-likeness (QED) is 0.240. The summed E-state index contributed by atoms with van der Waals surface area (Å²) in [6.07, 6.45) is 2.39. The predicted octanol–water partition coefficient (Wildman–Crippen LogP) is 3.17. The molecule has 0 saturated carbocycles. The van der Waals surface area contributed by atoms with Crippen LogP contribution in [0, 0.1) is 5.92 Å². The van der Waals surface area contributed by atoms with Gasteiger partial charge in [-0.05, 0) is 60.7 Å². The van der Waals surface area contributed by atoms with E-state index in [0.29, 0.717) is 48.1 Å². The van der Waals surface area contributed by atoms with E-state index in [1.165, 1.54) is 4.90 Å². The third-order valence-electron chi connectivity index (χ3n) is 8.29. The molecular weight excluding hydrogens is 536 g/mol. The monoisotopic (exact) mass is 579 g/mol. The molecule has 2 saturated heterocycles. The van der Waals surface area contributed by atoms with E-state index in [2.05, 4.69) is 13.8 Å². The van der Waals surface area contributed by atoms with Crippen LogP contribution in [0.15, 0.2) is 42.0 Å². The molecule has 2 aromatic carbocycles. The highest BCUT2D eigenvalue weighted by Crippen LogP contribution is 2.43. The number of hydrogen-bond acceptors (Lipinski definition) is 7. The van der Waals surface area contributed by atoms with Crippen molar-refractivity contribution >= 4 is 17.4 Å². The number of quaternary nitrogens is 1. The largest absolute Gasteiger partial charge is 0.507 e. The van der Waals surface area contributed by atoms with Crippen LogP contribution in [0.4, 0.5) is 0 Å². The molecule has 3 heterocycles. The van der Waals surface area contributed by atoms with Gasteiger partial charge < -0.3 is 33.9 Å². The van der Waals surface area contributed by atoms with Gasteiger partial charge in [-0.15, -0.1) is 0 Å². The number of ether oxygens (including phenoxy) is 4. The fraction of sp³-hybridized carbons (Fsp3) is 0.515. The molecule has 42 heavy (non-hydrogen) atoms. The van der Waals surface area contributed by atoms with Gasteiger partial charge in [-0.2, -0.15) is 0 Å². The van der Waals surface area contributed by atoms with Gasteiger partial charge in [0.15, 0.2) is 11.5 Å². The van der Waals surface area contributed by atoms with Crippen molar-refractivity contribution < 1.29 is 38.5 Å². The third-order valence-corrected chi connectivity index (χ3v) is 8.29. The number of carbonyl (C=O) groups is 2. The Balaban J connectivity index is 1.49. The van der Waals surface area contributed by atoms with Crippen molar-refractivity contribution in [1.82, 2.24) is 4.90 Å².